The highest BCUT2D eigenvalue weighted by atomic mass is 19.1. The summed E-state index contributed by atoms with van der Waals surface area (Å²) < 4.78 is 45.8. The van der Waals surface area contributed by atoms with Crippen LogP contribution >= 0.6 is 0 Å². The van der Waals surface area contributed by atoms with Crippen molar-refractivity contribution in [3.05, 3.63) is 65.5 Å². The molecule has 0 saturated heterocycles. The predicted octanol–water partition coefficient (Wildman–Crippen LogP) is 3.92. The Morgan fingerprint density at radius 1 is 0.955 bits per heavy atom. The number of hydrogen-bond acceptors (Lipinski definition) is 3. The van der Waals surface area contributed by atoms with Gasteiger partial charge in [0, 0.05) is 11.6 Å². The summed E-state index contributed by atoms with van der Waals surface area (Å²) in [5.74, 6) is -2.19. The molecule has 1 aromatic heterocycles. The van der Waals surface area contributed by atoms with Crippen LogP contribution in [0.1, 0.15) is 5.56 Å². The Labute approximate surface area is 123 Å². The molecule has 2 aromatic carbocycles. The van der Waals surface area contributed by atoms with Crippen molar-refractivity contribution in [2.24, 2.45) is 0 Å². The number of aliphatic hydroxyl groups excluding tert-OH is 1. The average Bonchev–Trinajstić information content (AvgIpc) is 2.91. The zero-order chi connectivity index (χ0) is 15.7. The third-order valence-corrected chi connectivity index (χ3v) is 3.25. The number of benzene rings is 2. The summed E-state index contributed by atoms with van der Waals surface area (Å²) in [4.78, 5) is 0. The van der Waals surface area contributed by atoms with E-state index in [4.69, 9.17) is 4.52 Å². The second-order valence-corrected chi connectivity index (χ2v) is 4.60. The lowest BCUT2D eigenvalue weighted by molar-refractivity contribution is 0.281. The summed E-state index contributed by atoms with van der Waals surface area (Å²) in [6, 6.07) is 8.76. The minimum atomic E-state index is -0.856. The molecule has 0 bridgehead atoms. The van der Waals surface area contributed by atoms with E-state index in [0.717, 1.165) is 6.07 Å². The van der Waals surface area contributed by atoms with Crippen molar-refractivity contribution in [1.82, 2.24) is 5.16 Å². The molecule has 3 aromatic rings. The number of nitrogens with zero attached hydrogens (tertiary/aromatic N) is 1. The molecular weight excluding hydrogens is 295 g/mol. The monoisotopic (exact) mass is 305 g/mol. The standard InChI is InChI=1S/C16H10F3NO2/c17-9-5-6-11(14(19)7-9)16-12(8-21)15(20-22-16)10-3-1-2-4-13(10)18/h1-7,21H,8H2. The van der Waals surface area contributed by atoms with Gasteiger partial charge in [-0.05, 0) is 24.3 Å². The topological polar surface area (TPSA) is 46.3 Å². The molecule has 0 amide bonds. The van der Waals surface area contributed by atoms with Gasteiger partial charge in [0.25, 0.3) is 0 Å². The van der Waals surface area contributed by atoms with Crippen molar-refractivity contribution in [3.63, 3.8) is 0 Å². The number of hydrogen-bond donors (Lipinski definition) is 1. The van der Waals surface area contributed by atoms with Crippen LogP contribution in [0.2, 0.25) is 0 Å². The molecule has 0 spiro atoms. The number of rotatable bonds is 3. The molecule has 0 radical (unpaired) electrons. The molecule has 3 rings (SSSR count). The molecule has 3 nitrogen and oxygen atoms in total. The maximum atomic E-state index is 13.9. The van der Waals surface area contributed by atoms with Gasteiger partial charge in [-0.1, -0.05) is 17.3 Å². The Morgan fingerprint density at radius 2 is 1.73 bits per heavy atom. The highest BCUT2D eigenvalue weighted by Gasteiger charge is 2.22. The van der Waals surface area contributed by atoms with Gasteiger partial charge in [-0.15, -0.1) is 0 Å². The first kappa shape index (κ1) is 14.3. The smallest absolute Gasteiger partial charge is 0.175 e. The summed E-state index contributed by atoms with van der Waals surface area (Å²) >= 11 is 0. The van der Waals surface area contributed by atoms with E-state index < -0.39 is 24.1 Å². The summed E-state index contributed by atoms with van der Waals surface area (Å²) in [6.07, 6.45) is 0. The molecule has 22 heavy (non-hydrogen) atoms. The second-order valence-electron chi connectivity index (χ2n) is 4.60. The van der Waals surface area contributed by atoms with Crippen LogP contribution in [0.15, 0.2) is 47.0 Å². The molecule has 6 heteroatoms. The number of halogens is 3. The fraction of sp³-hybridized carbons (Fsp3) is 0.0625. The normalized spacial score (nSPS) is 10.9. The molecule has 0 unspecified atom stereocenters. The Kier molecular flexibility index (Phi) is 3.68. The molecule has 0 fully saturated rings. The van der Waals surface area contributed by atoms with E-state index in [1.54, 1.807) is 6.07 Å². The van der Waals surface area contributed by atoms with Crippen LogP contribution < -0.4 is 0 Å². The van der Waals surface area contributed by atoms with Crippen molar-refractivity contribution in [3.8, 4) is 22.6 Å². The molecule has 0 saturated carbocycles. The first-order valence-corrected chi connectivity index (χ1v) is 6.41. The van der Waals surface area contributed by atoms with Gasteiger partial charge < -0.3 is 9.63 Å². The summed E-state index contributed by atoms with van der Waals surface area (Å²) in [5.41, 5.74) is 0.291. The van der Waals surface area contributed by atoms with Gasteiger partial charge in [-0.3, -0.25) is 0 Å². The molecule has 112 valence electrons. The van der Waals surface area contributed by atoms with Crippen LogP contribution in [0.3, 0.4) is 0 Å². The largest absolute Gasteiger partial charge is 0.391 e. The second kappa shape index (κ2) is 5.65. The minimum absolute atomic E-state index is 0.0551. The summed E-state index contributed by atoms with van der Waals surface area (Å²) in [6.45, 7) is -0.528. The lowest BCUT2D eigenvalue weighted by atomic mass is 10.0. The van der Waals surface area contributed by atoms with Gasteiger partial charge in [0.05, 0.1) is 17.7 Å². The molecular formula is C16H10F3NO2. The number of aliphatic hydroxyl groups is 1. The molecule has 0 aliphatic rings. The molecule has 0 aliphatic carbocycles. The van der Waals surface area contributed by atoms with E-state index in [9.17, 15) is 18.3 Å². The third kappa shape index (κ3) is 2.37. The third-order valence-electron chi connectivity index (χ3n) is 3.25. The highest BCUT2D eigenvalue weighted by Crippen LogP contribution is 2.34. The van der Waals surface area contributed by atoms with E-state index in [0.29, 0.717) is 6.07 Å². The van der Waals surface area contributed by atoms with Crippen LogP contribution in [-0.2, 0) is 6.61 Å². The number of aromatic nitrogens is 1. The van der Waals surface area contributed by atoms with Crippen LogP contribution in [-0.4, -0.2) is 10.3 Å². The molecule has 1 N–H and O–H groups in total. The van der Waals surface area contributed by atoms with E-state index in [1.165, 1.54) is 24.3 Å². The van der Waals surface area contributed by atoms with Crippen molar-refractivity contribution >= 4 is 0 Å². The quantitative estimate of drug-likeness (QED) is 0.798. The van der Waals surface area contributed by atoms with E-state index in [1.807, 2.05) is 0 Å². The zero-order valence-electron chi connectivity index (χ0n) is 11.2. The average molecular weight is 305 g/mol. The van der Waals surface area contributed by atoms with Crippen LogP contribution in [0.25, 0.3) is 22.6 Å². The van der Waals surface area contributed by atoms with Crippen molar-refractivity contribution in [2.45, 2.75) is 6.61 Å². The Balaban J connectivity index is 2.18. The maximum Gasteiger partial charge on any atom is 0.175 e. The van der Waals surface area contributed by atoms with E-state index in [-0.39, 0.29) is 28.1 Å². The van der Waals surface area contributed by atoms with Gasteiger partial charge >= 0.3 is 0 Å². The summed E-state index contributed by atoms with van der Waals surface area (Å²) in [7, 11) is 0. The lowest BCUT2D eigenvalue weighted by Gasteiger charge is -2.03. The Morgan fingerprint density at radius 3 is 2.41 bits per heavy atom. The SMILES string of the molecule is OCc1c(-c2ccccc2F)noc1-c1ccc(F)cc1F. The van der Waals surface area contributed by atoms with Gasteiger partial charge in [-0.25, -0.2) is 13.2 Å². The Bertz CT molecular complexity index is 830. The fourth-order valence-electron chi connectivity index (χ4n) is 2.21. The first-order chi connectivity index (χ1) is 10.6. The molecule has 0 aliphatic heterocycles. The van der Waals surface area contributed by atoms with Gasteiger partial charge in [0.2, 0.25) is 0 Å². The Hall–Kier alpha value is -2.60. The van der Waals surface area contributed by atoms with Crippen LogP contribution in [0.5, 0.6) is 0 Å². The molecule has 1 heterocycles. The van der Waals surface area contributed by atoms with Crippen LogP contribution in [0, 0.1) is 17.5 Å². The van der Waals surface area contributed by atoms with Crippen molar-refractivity contribution < 1.29 is 22.8 Å². The zero-order valence-corrected chi connectivity index (χ0v) is 11.2. The molecule has 0 atom stereocenters. The van der Waals surface area contributed by atoms with Gasteiger partial charge in [0.1, 0.15) is 23.1 Å². The van der Waals surface area contributed by atoms with Gasteiger partial charge in [-0.2, -0.15) is 0 Å². The van der Waals surface area contributed by atoms with Crippen LogP contribution in [0.4, 0.5) is 13.2 Å². The highest BCUT2D eigenvalue weighted by molar-refractivity contribution is 5.73. The van der Waals surface area contributed by atoms with Crippen molar-refractivity contribution in [1.29, 1.82) is 0 Å². The summed E-state index contributed by atoms with van der Waals surface area (Å²) in [5, 5.41) is 13.3. The van der Waals surface area contributed by atoms with Gasteiger partial charge in [0.15, 0.2) is 5.76 Å². The van der Waals surface area contributed by atoms with E-state index in [2.05, 4.69) is 5.16 Å². The van der Waals surface area contributed by atoms with E-state index >= 15 is 0 Å². The predicted molar refractivity (Wildman–Crippen MR) is 73.2 cm³/mol. The minimum Gasteiger partial charge on any atom is -0.391 e. The maximum absolute atomic E-state index is 13.9. The fourth-order valence-corrected chi connectivity index (χ4v) is 2.21. The first-order valence-electron chi connectivity index (χ1n) is 6.41. The lowest BCUT2D eigenvalue weighted by Crippen LogP contribution is -1.93. The van der Waals surface area contributed by atoms with Crippen molar-refractivity contribution in [2.75, 3.05) is 0 Å².